The lowest BCUT2D eigenvalue weighted by atomic mass is 9.94. The predicted molar refractivity (Wildman–Crippen MR) is 72.9 cm³/mol. The van der Waals surface area contributed by atoms with Gasteiger partial charge in [-0.1, -0.05) is 35.9 Å². The van der Waals surface area contributed by atoms with E-state index in [1.165, 1.54) is 6.07 Å². The first-order valence-corrected chi connectivity index (χ1v) is 6.24. The molecule has 0 aromatic heterocycles. The molecule has 3 heteroatoms. The molecular weight excluding hydrogens is 244 g/mol. The highest BCUT2D eigenvalue weighted by Crippen LogP contribution is 2.23. The third kappa shape index (κ3) is 2.99. The van der Waals surface area contributed by atoms with E-state index in [1.54, 1.807) is 6.07 Å². The molecular formula is C16H17F2N. The molecule has 0 saturated carbocycles. The van der Waals surface area contributed by atoms with Crippen LogP contribution in [0.4, 0.5) is 8.78 Å². The summed E-state index contributed by atoms with van der Waals surface area (Å²) in [6.45, 7) is 3.95. The molecule has 0 aliphatic heterocycles. The number of nitrogens with two attached hydrogens (primary N) is 1. The monoisotopic (exact) mass is 261 g/mol. The fourth-order valence-corrected chi connectivity index (χ4v) is 2.21. The van der Waals surface area contributed by atoms with Crippen LogP contribution in [0.5, 0.6) is 0 Å². The van der Waals surface area contributed by atoms with Gasteiger partial charge in [0.15, 0.2) is 11.6 Å². The normalized spacial score (nSPS) is 12.5. The van der Waals surface area contributed by atoms with E-state index < -0.39 is 11.6 Å². The van der Waals surface area contributed by atoms with Crippen LogP contribution in [0.1, 0.15) is 28.3 Å². The van der Waals surface area contributed by atoms with Crippen molar-refractivity contribution in [2.24, 2.45) is 5.73 Å². The standard InChI is InChI=1S/C16H17F2N/c1-10-6-7-11(2)13(8-10)15(19)9-12-4-3-5-14(17)16(12)18/h3-8,15H,9,19H2,1-2H3. The molecule has 1 unspecified atom stereocenters. The summed E-state index contributed by atoms with van der Waals surface area (Å²) >= 11 is 0. The molecule has 0 aliphatic rings. The SMILES string of the molecule is Cc1ccc(C)c(C(N)Cc2cccc(F)c2F)c1. The summed E-state index contributed by atoms with van der Waals surface area (Å²) in [5.41, 5.74) is 9.59. The summed E-state index contributed by atoms with van der Waals surface area (Å²) in [5.74, 6) is -1.63. The fourth-order valence-electron chi connectivity index (χ4n) is 2.21. The van der Waals surface area contributed by atoms with Crippen molar-refractivity contribution in [1.82, 2.24) is 0 Å². The van der Waals surface area contributed by atoms with Gasteiger partial charge in [-0.25, -0.2) is 8.78 Å². The van der Waals surface area contributed by atoms with Gasteiger partial charge in [0, 0.05) is 6.04 Å². The molecule has 0 spiro atoms. The second kappa shape index (κ2) is 5.49. The summed E-state index contributed by atoms with van der Waals surface area (Å²) < 4.78 is 26.8. The highest BCUT2D eigenvalue weighted by Gasteiger charge is 2.14. The maximum atomic E-state index is 13.6. The molecule has 1 atom stereocenters. The van der Waals surface area contributed by atoms with E-state index in [4.69, 9.17) is 5.73 Å². The van der Waals surface area contributed by atoms with E-state index >= 15 is 0 Å². The Balaban J connectivity index is 2.28. The summed E-state index contributed by atoms with van der Waals surface area (Å²) in [7, 11) is 0. The lowest BCUT2D eigenvalue weighted by Gasteiger charge is -2.16. The van der Waals surface area contributed by atoms with Crippen molar-refractivity contribution in [3.05, 3.63) is 70.3 Å². The van der Waals surface area contributed by atoms with E-state index in [2.05, 4.69) is 0 Å². The molecule has 0 amide bonds. The van der Waals surface area contributed by atoms with Crippen LogP contribution in [0.15, 0.2) is 36.4 Å². The molecule has 0 saturated heterocycles. The predicted octanol–water partition coefficient (Wildman–Crippen LogP) is 3.82. The second-order valence-corrected chi connectivity index (χ2v) is 4.88. The van der Waals surface area contributed by atoms with E-state index in [1.807, 2.05) is 32.0 Å². The van der Waals surface area contributed by atoms with Crippen molar-refractivity contribution in [3.63, 3.8) is 0 Å². The van der Waals surface area contributed by atoms with Crippen LogP contribution in [0.25, 0.3) is 0 Å². The van der Waals surface area contributed by atoms with Crippen molar-refractivity contribution >= 4 is 0 Å². The van der Waals surface area contributed by atoms with Crippen molar-refractivity contribution in [2.75, 3.05) is 0 Å². The number of hydrogen-bond acceptors (Lipinski definition) is 1. The molecule has 0 radical (unpaired) electrons. The lowest BCUT2D eigenvalue weighted by molar-refractivity contribution is 0.494. The van der Waals surface area contributed by atoms with Crippen LogP contribution in [0, 0.1) is 25.5 Å². The number of aryl methyl sites for hydroxylation is 2. The topological polar surface area (TPSA) is 26.0 Å². The van der Waals surface area contributed by atoms with Gasteiger partial charge in [0.05, 0.1) is 0 Å². The Kier molecular flexibility index (Phi) is 3.96. The van der Waals surface area contributed by atoms with Gasteiger partial charge < -0.3 is 5.73 Å². The highest BCUT2D eigenvalue weighted by atomic mass is 19.2. The fraction of sp³-hybridized carbons (Fsp3) is 0.250. The Labute approximate surface area is 112 Å². The van der Waals surface area contributed by atoms with Crippen LogP contribution < -0.4 is 5.73 Å². The Morgan fingerprint density at radius 1 is 1.11 bits per heavy atom. The van der Waals surface area contributed by atoms with Gasteiger partial charge >= 0.3 is 0 Å². The number of rotatable bonds is 3. The molecule has 2 rings (SSSR count). The van der Waals surface area contributed by atoms with Crippen molar-refractivity contribution < 1.29 is 8.78 Å². The quantitative estimate of drug-likeness (QED) is 0.893. The van der Waals surface area contributed by atoms with Crippen LogP contribution in [-0.4, -0.2) is 0 Å². The molecule has 0 aliphatic carbocycles. The molecule has 2 aromatic carbocycles. The van der Waals surface area contributed by atoms with Gasteiger partial charge in [0.1, 0.15) is 0 Å². The maximum Gasteiger partial charge on any atom is 0.162 e. The number of halogens is 2. The van der Waals surface area contributed by atoms with E-state index in [0.717, 1.165) is 22.8 Å². The minimum Gasteiger partial charge on any atom is -0.324 e. The first-order chi connectivity index (χ1) is 8.99. The summed E-state index contributed by atoms with van der Waals surface area (Å²) in [5, 5.41) is 0. The van der Waals surface area contributed by atoms with Gasteiger partial charge in [0.25, 0.3) is 0 Å². The molecule has 0 fully saturated rings. The average molecular weight is 261 g/mol. The minimum absolute atomic E-state index is 0.286. The van der Waals surface area contributed by atoms with Gasteiger partial charge in [-0.3, -0.25) is 0 Å². The molecule has 0 bridgehead atoms. The van der Waals surface area contributed by atoms with Gasteiger partial charge in [-0.15, -0.1) is 0 Å². The van der Waals surface area contributed by atoms with Gasteiger partial charge in [0.2, 0.25) is 0 Å². The first kappa shape index (κ1) is 13.7. The minimum atomic E-state index is -0.828. The van der Waals surface area contributed by atoms with Gasteiger partial charge in [-0.05, 0) is 43.0 Å². The van der Waals surface area contributed by atoms with E-state index in [-0.39, 0.29) is 12.5 Å². The Hall–Kier alpha value is -1.74. The summed E-state index contributed by atoms with van der Waals surface area (Å²) in [6.07, 6.45) is 0.286. The van der Waals surface area contributed by atoms with Gasteiger partial charge in [-0.2, -0.15) is 0 Å². The number of benzene rings is 2. The zero-order valence-corrected chi connectivity index (χ0v) is 11.1. The Morgan fingerprint density at radius 3 is 2.58 bits per heavy atom. The third-order valence-electron chi connectivity index (χ3n) is 3.31. The molecule has 2 aromatic rings. The van der Waals surface area contributed by atoms with Crippen LogP contribution >= 0.6 is 0 Å². The van der Waals surface area contributed by atoms with Crippen molar-refractivity contribution in [2.45, 2.75) is 26.3 Å². The zero-order chi connectivity index (χ0) is 14.0. The van der Waals surface area contributed by atoms with Crippen LogP contribution in [0.3, 0.4) is 0 Å². The third-order valence-corrected chi connectivity index (χ3v) is 3.31. The largest absolute Gasteiger partial charge is 0.324 e. The van der Waals surface area contributed by atoms with E-state index in [0.29, 0.717) is 5.56 Å². The molecule has 19 heavy (non-hydrogen) atoms. The highest BCUT2D eigenvalue weighted by molar-refractivity contribution is 5.34. The first-order valence-electron chi connectivity index (χ1n) is 6.24. The van der Waals surface area contributed by atoms with Crippen molar-refractivity contribution in [3.8, 4) is 0 Å². The summed E-state index contributed by atoms with van der Waals surface area (Å²) in [4.78, 5) is 0. The zero-order valence-electron chi connectivity index (χ0n) is 11.1. The van der Waals surface area contributed by atoms with E-state index in [9.17, 15) is 8.78 Å². The number of hydrogen-bond donors (Lipinski definition) is 1. The van der Waals surface area contributed by atoms with Crippen LogP contribution in [-0.2, 0) is 6.42 Å². The molecule has 2 N–H and O–H groups in total. The lowest BCUT2D eigenvalue weighted by Crippen LogP contribution is -2.16. The average Bonchev–Trinajstić information content (AvgIpc) is 2.38. The van der Waals surface area contributed by atoms with Crippen LogP contribution in [0.2, 0.25) is 0 Å². The Morgan fingerprint density at radius 2 is 1.84 bits per heavy atom. The van der Waals surface area contributed by atoms with Crippen molar-refractivity contribution in [1.29, 1.82) is 0 Å². The smallest absolute Gasteiger partial charge is 0.162 e. The second-order valence-electron chi connectivity index (χ2n) is 4.88. The molecule has 100 valence electrons. The maximum absolute atomic E-state index is 13.6. The Bertz CT molecular complexity index is 593. The summed E-state index contributed by atoms with van der Waals surface area (Å²) in [6, 6.07) is 9.85. The molecule has 1 nitrogen and oxygen atoms in total. The molecule has 0 heterocycles.